The van der Waals surface area contributed by atoms with Gasteiger partial charge in [0.25, 0.3) is 0 Å². The average molecular weight is 586 g/mol. The Morgan fingerprint density at radius 1 is 0.581 bits per heavy atom. The number of nitrogens with zero attached hydrogens (tertiary/aromatic N) is 3. The van der Waals surface area contributed by atoms with Crippen LogP contribution < -0.4 is 19.3 Å². The summed E-state index contributed by atoms with van der Waals surface area (Å²) >= 11 is 0. The molecule has 1 aromatic heterocycles. The zero-order chi connectivity index (χ0) is 30.3. The molecule has 1 heterocycles. The Labute approximate surface area is 255 Å². The van der Waals surface area contributed by atoms with Gasteiger partial charge in [0, 0.05) is 39.1 Å². The Hall–Kier alpha value is -4.11. The monoisotopic (exact) mass is 585 g/mol. The van der Waals surface area contributed by atoms with Gasteiger partial charge in [0.1, 0.15) is 17.3 Å². The smallest absolute Gasteiger partial charge is 0.129 e. The van der Waals surface area contributed by atoms with E-state index in [2.05, 4.69) is 72.4 Å². The standard InChI is InChI=1S/C35H43N3O5/c1-37(2)32-11-5-8-28(20-32)24-38(25-29-9-6-12-33(21-29)39-3)35-15-14-31(23-36-35)27-43-19-17-41-16-18-42-26-30-10-7-13-34(22-30)40-4/h5-15,20-23H,16-19,24-27H2,1-4H3. The molecule has 3 aromatic carbocycles. The SMILES string of the molecule is COc1cccc(COCCOCCOCc2ccc(N(Cc3cccc(OC)c3)Cc3cccc(N(C)C)c3)nc2)c1. The minimum Gasteiger partial charge on any atom is -0.497 e. The van der Waals surface area contributed by atoms with Crippen LogP contribution in [0.2, 0.25) is 0 Å². The fourth-order valence-corrected chi connectivity index (χ4v) is 4.53. The zero-order valence-electron chi connectivity index (χ0n) is 25.7. The van der Waals surface area contributed by atoms with Gasteiger partial charge >= 0.3 is 0 Å². The lowest BCUT2D eigenvalue weighted by Crippen LogP contribution is -2.23. The van der Waals surface area contributed by atoms with E-state index in [4.69, 9.17) is 28.7 Å². The molecule has 0 aliphatic heterocycles. The maximum atomic E-state index is 5.82. The van der Waals surface area contributed by atoms with Crippen LogP contribution in [-0.4, -0.2) is 59.7 Å². The Balaban J connectivity index is 1.24. The Kier molecular flexibility index (Phi) is 12.7. The van der Waals surface area contributed by atoms with Gasteiger partial charge in [-0.2, -0.15) is 0 Å². The molecule has 0 saturated carbocycles. The molecular formula is C35H43N3O5. The van der Waals surface area contributed by atoms with E-state index < -0.39 is 0 Å². The second kappa shape index (κ2) is 17.1. The number of anilines is 2. The lowest BCUT2D eigenvalue weighted by molar-refractivity contribution is 0.00698. The number of ether oxygens (including phenoxy) is 5. The highest BCUT2D eigenvalue weighted by Gasteiger charge is 2.12. The van der Waals surface area contributed by atoms with Crippen molar-refractivity contribution in [2.24, 2.45) is 0 Å². The summed E-state index contributed by atoms with van der Waals surface area (Å²) in [6.07, 6.45) is 1.89. The fourth-order valence-electron chi connectivity index (χ4n) is 4.53. The first-order valence-electron chi connectivity index (χ1n) is 14.5. The van der Waals surface area contributed by atoms with Crippen LogP contribution in [0.1, 0.15) is 22.3 Å². The van der Waals surface area contributed by atoms with Crippen LogP contribution in [0.5, 0.6) is 11.5 Å². The van der Waals surface area contributed by atoms with Crippen LogP contribution in [-0.2, 0) is 40.5 Å². The van der Waals surface area contributed by atoms with Gasteiger partial charge in [-0.3, -0.25) is 0 Å². The molecule has 0 N–H and O–H groups in total. The first-order valence-corrected chi connectivity index (χ1v) is 14.5. The van der Waals surface area contributed by atoms with E-state index in [-0.39, 0.29) is 0 Å². The van der Waals surface area contributed by atoms with Gasteiger partial charge in [0.15, 0.2) is 0 Å². The van der Waals surface area contributed by atoms with Gasteiger partial charge in [-0.1, -0.05) is 42.5 Å². The molecule has 0 amide bonds. The van der Waals surface area contributed by atoms with Crippen molar-refractivity contribution in [3.8, 4) is 11.5 Å². The maximum absolute atomic E-state index is 5.82. The maximum Gasteiger partial charge on any atom is 0.129 e. The van der Waals surface area contributed by atoms with E-state index >= 15 is 0 Å². The van der Waals surface area contributed by atoms with E-state index in [0.29, 0.717) is 46.2 Å². The van der Waals surface area contributed by atoms with Gasteiger partial charge in [0.2, 0.25) is 0 Å². The number of methoxy groups -OCH3 is 2. The summed E-state index contributed by atoms with van der Waals surface area (Å²) in [5.74, 6) is 2.58. The molecule has 4 rings (SSSR count). The lowest BCUT2D eigenvalue weighted by Gasteiger charge is -2.25. The van der Waals surface area contributed by atoms with Crippen molar-refractivity contribution in [1.29, 1.82) is 0 Å². The molecule has 8 heteroatoms. The first kappa shape index (κ1) is 31.8. The van der Waals surface area contributed by atoms with Crippen molar-refractivity contribution >= 4 is 11.5 Å². The molecule has 0 spiro atoms. The Morgan fingerprint density at radius 3 is 1.74 bits per heavy atom. The summed E-state index contributed by atoms with van der Waals surface area (Å²) in [5.41, 5.74) is 5.63. The molecule has 0 radical (unpaired) electrons. The van der Waals surface area contributed by atoms with Gasteiger partial charge in [-0.15, -0.1) is 0 Å². The second-order valence-corrected chi connectivity index (χ2v) is 10.4. The highest BCUT2D eigenvalue weighted by atomic mass is 16.5. The summed E-state index contributed by atoms with van der Waals surface area (Å²) in [6, 6.07) is 28.7. The largest absolute Gasteiger partial charge is 0.497 e. The first-order chi connectivity index (χ1) is 21.0. The number of pyridine rings is 1. The third-order valence-electron chi connectivity index (χ3n) is 6.86. The van der Waals surface area contributed by atoms with Crippen LogP contribution in [0.4, 0.5) is 11.5 Å². The summed E-state index contributed by atoms with van der Waals surface area (Å²) in [5, 5.41) is 0. The molecule has 0 aliphatic carbocycles. The number of benzene rings is 3. The van der Waals surface area contributed by atoms with Crippen molar-refractivity contribution in [3.63, 3.8) is 0 Å². The second-order valence-electron chi connectivity index (χ2n) is 10.4. The molecule has 0 bridgehead atoms. The summed E-state index contributed by atoms with van der Waals surface area (Å²) < 4.78 is 27.8. The summed E-state index contributed by atoms with van der Waals surface area (Å²) in [7, 11) is 7.47. The van der Waals surface area contributed by atoms with Crippen molar-refractivity contribution in [2.45, 2.75) is 26.3 Å². The van der Waals surface area contributed by atoms with Crippen molar-refractivity contribution in [2.75, 3.05) is 64.5 Å². The van der Waals surface area contributed by atoms with Crippen molar-refractivity contribution in [1.82, 2.24) is 4.98 Å². The predicted molar refractivity (Wildman–Crippen MR) is 171 cm³/mol. The number of hydrogen-bond donors (Lipinski definition) is 0. The van der Waals surface area contributed by atoms with E-state index in [0.717, 1.165) is 40.6 Å². The van der Waals surface area contributed by atoms with Crippen molar-refractivity contribution < 1.29 is 23.7 Å². The van der Waals surface area contributed by atoms with Crippen LogP contribution in [0.3, 0.4) is 0 Å². The number of rotatable bonds is 18. The van der Waals surface area contributed by atoms with Crippen LogP contribution in [0.15, 0.2) is 91.1 Å². The fraction of sp³-hybridized carbons (Fsp3) is 0.343. The van der Waals surface area contributed by atoms with Crippen LogP contribution in [0, 0.1) is 0 Å². The van der Waals surface area contributed by atoms with E-state index in [1.54, 1.807) is 14.2 Å². The van der Waals surface area contributed by atoms with Gasteiger partial charge in [0.05, 0.1) is 53.9 Å². The molecular weight excluding hydrogens is 542 g/mol. The third-order valence-corrected chi connectivity index (χ3v) is 6.86. The van der Waals surface area contributed by atoms with Crippen molar-refractivity contribution in [3.05, 3.63) is 113 Å². The number of hydrogen-bond acceptors (Lipinski definition) is 8. The summed E-state index contributed by atoms with van der Waals surface area (Å²) in [4.78, 5) is 9.20. The molecule has 0 unspecified atom stereocenters. The van der Waals surface area contributed by atoms with E-state index in [9.17, 15) is 0 Å². The average Bonchev–Trinajstić information content (AvgIpc) is 3.04. The highest BCUT2D eigenvalue weighted by Crippen LogP contribution is 2.23. The molecule has 0 fully saturated rings. The van der Waals surface area contributed by atoms with Crippen LogP contribution >= 0.6 is 0 Å². The molecule has 4 aromatic rings. The molecule has 228 valence electrons. The van der Waals surface area contributed by atoms with Gasteiger partial charge in [-0.25, -0.2) is 4.98 Å². The zero-order valence-corrected chi connectivity index (χ0v) is 25.7. The quantitative estimate of drug-likeness (QED) is 0.129. The number of aromatic nitrogens is 1. The molecule has 43 heavy (non-hydrogen) atoms. The third kappa shape index (κ3) is 10.6. The van der Waals surface area contributed by atoms with Crippen LogP contribution in [0.25, 0.3) is 0 Å². The summed E-state index contributed by atoms with van der Waals surface area (Å²) in [6.45, 7) is 4.48. The highest BCUT2D eigenvalue weighted by molar-refractivity contribution is 5.49. The molecule has 0 saturated heterocycles. The topological polar surface area (TPSA) is 65.5 Å². The lowest BCUT2D eigenvalue weighted by atomic mass is 10.1. The van der Waals surface area contributed by atoms with Gasteiger partial charge < -0.3 is 33.5 Å². The van der Waals surface area contributed by atoms with E-state index in [1.165, 1.54) is 11.3 Å². The minimum absolute atomic E-state index is 0.476. The normalized spacial score (nSPS) is 10.9. The molecule has 0 atom stereocenters. The minimum atomic E-state index is 0.476. The van der Waals surface area contributed by atoms with E-state index in [1.807, 2.05) is 42.6 Å². The predicted octanol–water partition coefficient (Wildman–Crippen LogP) is 6.12. The Bertz CT molecular complexity index is 1380. The molecule has 8 nitrogen and oxygen atoms in total. The van der Waals surface area contributed by atoms with Gasteiger partial charge in [-0.05, 0) is 64.7 Å². The molecule has 0 aliphatic rings. The Morgan fingerprint density at radius 2 is 1.14 bits per heavy atom.